The molecule has 0 aliphatic carbocycles. The van der Waals surface area contributed by atoms with E-state index >= 15 is 0 Å². The monoisotopic (exact) mass is 408 g/mol. The van der Waals surface area contributed by atoms with Gasteiger partial charge in [-0.3, -0.25) is 15.0 Å². The first-order valence-electron chi connectivity index (χ1n) is 8.51. The molecule has 1 N–H and O–H groups in total. The van der Waals surface area contributed by atoms with Gasteiger partial charge in [0.1, 0.15) is 5.82 Å². The van der Waals surface area contributed by atoms with Gasteiger partial charge in [-0.25, -0.2) is 4.98 Å². The van der Waals surface area contributed by atoms with Crippen molar-refractivity contribution in [2.75, 3.05) is 0 Å². The second-order valence-corrected chi connectivity index (χ2v) is 8.02. The highest BCUT2D eigenvalue weighted by atomic mass is 32.2. The Morgan fingerprint density at radius 2 is 2.00 bits per heavy atom. The average Bonchev–Trinajstić information content (AvgIpc) is 3.13. The predicted octanol–water partition coefficient (Wildman–Crippen LogP) is 3.43. The molecular weight excluding hydrogens is 392 g/mol. The lowest BCUT2D eigenvalue weighted by atomic mass is 10.1. The lowest BCUT2D eigenvalue weighted by Gasteiger charge is -2.15. The second-order valence-electron chi connectivity index (χ2n) is 6.35. The van der Waals surface area contributed by atoms with Gasteiger partial charge in [0.05, 0.1) is 15.9 Å². The third-order valence-electron chi connectivity index (χ3n) is 4.37. The summed E-state index contributed by atoms with van der Waals surface area (Å²) in [5, 5.41) is 1.11. The van der Waals surface area contributed by atoms with Crippen molar-refractivity contribution >= 4 is 57.2 Å². The fourth-order valence-electron chi connectivity index (χ4n) is 2.93. The summed E-state index contributed by atoms with van der Waals surface area (Å²) in [5.74, 6) is -0.112. The minimum absolute atomic E-state index is 0.274. The quantitative estimate of drug-likeness (QED) is 0.531. The topological polar surface area (TPSA) is 67.2 Å². The Labute approximate surface area is 171 Å². The fourth-order valence-corrected chi connectivity index (χ4v) is 4.08. The van der Waals surface area contributed by atoms with Crippen molar-refractivity contribution in [2.24, 2.45) is 7.05 Å². The molecule has 8 heteroatoms. The standard InChI is InChI=1S/C20H16N4O2S2/c1-12-6-5-7-13(10-12)18(25)22-24-19(26)16(28-20(24)27)11-17-21-14-8-3-4-9-15(14)23(17)2/h3-11H,1-2H3,(H,22,25). The molecular formula is C20H16N4O2S2. The molecule has 0 atom stereocenters. The number of rotatable bonds is 3. The van der Waals surface area contributed by atoms with Crippen molar-refractivity contribution in [3.05, 3.63) is 70.4 Å². The van der Waals surface area contributed by atoms with Crippen molar-refractivity contribution < 1.29 is 9.59 Å². The van der Waals surface area contributed by atoms with Gasteiger partial charge in [0.2, 0.25) is 0 Å². The zero-order valence-electron chi connectivity index (χ0n) is 15.2. The maximum absolute atomic E-state index is 12.8. The number of thiocarbonyl (C=S) groups is 1. The molecule has 1 aliphatic heterocycles. The highest BCUT2D eigenvalue weighted by molar-refractivity contribution is 8.26. The van der Waals surface area contributed by atoms with Gasteiger partial charge >= 0.3 is 0 Å². The summed E-state index contributed by atoms with van der Waals surface area (Å²) in [5.41, 5.74) is 5.83. The first kappa shape index (κ1) is 18.4. The Kier molecular flexibility index (Phi) is 4.74. The van der Waals surface area contributed by atoms with Crippen LogP contribution in [0.3, 0.4) is 0 Å². The van der Waals surface area contributed by atoms with E-state index in [0.717, 1.165) is 33.4 Å². The molecule has 1 fully saturated rings. The number of hydrogen-bond donors (Lipinski definition) is 1. The number of fused-ring (bicyclic) bond motifs is 1. The van der Waals surface area contributed by atoms with Gasteiger partial charge in [0.15, 0.2) is 4.32 Å². The number of carbonyl (C=O) groups is 2. The van der Waals surface area contributed by atoms with Crippen LogP contribution in [0.15, 0.2) is 53.4 Å². The van der Waals surface area contributed by atoms with Crippen molar-refractivity contribution in [1.82, 2.24) is 20.0 Å². The van der Waals surface area contributed by atoms with E-state index in [4.69, 9.17) is 12.2 Å². The largest absolute Gasteiger partial charge is 0.328 e. The molecule has 3 aromatic rings. The summed E-state index contributed by atoms with van der Waals surface area (Å²) in [6, 6.07) is 14.9. The van der Waals surface area contributed by atoms with Gasteiger partial charge in [-0.2, -0.15) is 5.01 Å². The summed E-state index contributed by atoms with van der Waals surface area (Å²) in [6.45, 7) is 1.90. The Morgan fingerprint density at radius 3 is 2.75 bits per heavy atom. The molecule has 0 saturated carbocycles. The van der Waals surface area contributed by atoms with E-state index < -0.39 is 0 Å². The van der Waals surface area contributed by atoms with Crippen LogP contribution >= 0.6 is 24.0 Å². The van der Waals surface area contributed by atoms with E-state index in [2.05, 4.69) is 10.4 Å². The van der Waals surface area contributed by atoms with E-state index in [1.165, 1.54) is 0 Å². The van der Waals surface area contributed by atoms with Crippen LogP contribution in [0.2, 0.25) is 0 Å². The van der Waals surface area contributed by atoms with Gasteiger partial charge in [-0.05, 0) is 43.4 Å². The number of benzene rings is 2. The lowest BCUT2D eigenvalue weighted by molar-refractivity contribution is -0.123. The van der Waals surface area contributed by atoms with Crippen molar-refractivity contribution in [3.8, 4) is 0 Å². The number of para-hydroxylation sites is 2. The lowest BCUT2D eigenvalue weighted by Crippen LogP contribution is -2.44. The summed E-state index contributed by atoms with van der Waals surface area (Å²) in [7, 11) is 1.89. The summed E-state index contributed by atoms with van der Waals surface area (Å²) in [4.78, 5) is 30.2. The Bertz CT molecular complexity index is 1170. The summed E-state index contributed by atoms with van der Waals surface area (Å²) < 4.78 is 2.18. The molecule has 2 heterocycles. The van der Waals surface area contributed by atoms with Gasteiger partial charge in [0.25, 0.3) is 11.8 Å². The van der Waals surface area contributed by atoms with Crippen LogP contribution < -0.4 is 5.43 Å². The first-order chi connectivity index (χ1) is 13.4. The van der Waals surface area contributed by atoms with E-state index in [1.807, 2.05) is 48.9 Å². The van der Waals surface area contributed by atoms with Crippen LogP contribution in [0.25, 0.3) is 17.1 Å². The van der Waals surface area contributed by atoms with Crippen LogP contribution in [-0.4, -0.2) is 30.7 Å². The second kappa shape index (κ2) is 7.21. The third kappa shape index (κ3) is 3.32. The molecule has 0 bridgehead atoms. The normalized spacial score (nSPS) is 15.6. The van der Waals surface area contributed by atoms with Crippen LogP contribution in [0.1, 0.15) is 21.7 Å². The number of nitrogens with zero attached hydrogens (tertiary/aromatic N) is 3. The van der Waals surface area contributed by atoms with Crippen molar-refractivity contribution in [1.29, 1.82) is 0 Å². The van der Waals surface area contributed by atoms with Crippen LogP contribution in [-0.2, 0) is 11.8 Å². The molecule has 0 radical (unpaired) electrons. The highest BCUT2D eigenvalue weighted by Crippen LogP contribution is 2.31. The number of thioether (sulfide) groups is 1. The van der Waals surface area contributed by atoms with Crippen molar-refractivity contribution in [3.63, 3.8) is 0 Å². The summed E-state index contributed by atoms with van der Waals surface area (Å²) in [6.07, 6.45) is 1.69. The van der Waals surface area contributed by atoms with Gasteiger partial charge in [0, 0.05) is 18.7 Å². The van der Waals surface area contributed by atoms with E-state index in [1.54, 1.807) is 24.3 Å². The SMILES string of the molecule is Cc1cccc(C(=O)NN2C(=O)C(=Cc3nc4ccccc4n3C)SC2=S)c1. The number of nitrogens with one attached hydrogen (secondary N) is 1. The first-order valence-corrected chi connectivity index (χ1v) is 9.73. The van der Waals surface area contributed by atoms with E-state index in [-0.39, 0.29) is 16.1 Å². The molecule has 1 saturated heterocycles. The number of carbonyl (C=O) groups excluding carboxylic acids is 2. The fraction of sp³-hybridized carbons (Fsp3) is 0.100. The number of hydrogen-bond acceptors (Lipinski definition) is 5. The van der Waals surface area contributed by atoms with Crippen LogP contribution in [0, 0.1) is 6.92 Å². The smallest absolute Gasteiger partial charge is 0.285 e. The number of aryl methyl sites for hydroxylation is 2. The molecule has 140 valence electrons. The predicted molar refractivity (Wildman–Crippen MR) is 114 cm³/mol. The number of amides is 2. The number of imidazole rings is 1. The van der Waals surface area contributed by atoms with Gasteiger partial charge < -0.3 is 4.57 Å². The zero-order chi connectivity index (χ0) is 19.8. The van der Waals surface area contributed by atoms with Crippen LogP contribution in [0.5, 0.6) is 0 Å². The minimum atomic E-state index is -0.385. The Hall–Kier alpha value is -2.97. The number of hydrazine groups is 1. The summed E-state index contributed by atoms with van der Waals surface area (Å²) >= 11 is 6.42. The molecule has 6 nitrogen and oxygen atoms in total. The Balaban J connectivity index is 1.59. The van der Waals surface area contributed by atoms with Gasteiger partial charge in [-0.1, -0.05) is 41.6 Å². The molecule has 2 aromatic carbocycles. The molecule has 4 rings (SSSR count). The highest BCUT2D eigenvalue weighted by Gasteiger charge is 2.34. The molecule has 2 amide bonds. The zero-order valence-corrected chi connectivity index (χ0v) is 16.8. The van der Waals surface area contributed by atoms with Gasteiger partial charge in [-0.15, -0.1) is 0 Å². The maximum atomic E-state index is 12.8. The Morgan fingerprint density at radius 1 is 1.21 bits per heavy atom. The number of aromatic nitrogens is 2. The average molecular weight is 409 g/mol. The van der Waals surface area contributed by atoms with E-state index in [0.29, 0.717) is 16.3 Å². The molecule has 1 aromatic heterocycles. The molecule has 28 heavy (non-hydrogen) atoms. The van der Waals surface area contributed by atoms with Crippen LogP contribution in [0.4, 0.5) is 0 Å². The minimum Gasteiger partial charge on any atom is -0.328 e. The molecule has 0 unspecified atom stereocenters. The third-order valence-corrected chi connectivity index (χ3v) is 5.67. The molecule has 0 spiro atoms. The maximum Gasteiger partial charge on any atom is 0.285 e. The van der Waals surface area contributed by atoms with E-state index in [9.17, 15) is 9.59 Å². The molecule has 1 aliphatic rings. The van der Waals surface area contributed by atoms with Crippen molar-refractivity contribution in [2.45, 2.75) is 6.92 Å².